The van der Waals surface area contributed by atoms with Gasteiger partial charge in [-0.3, -0.25) is 14.9 Å². The number of carbonyl (C=O) groups excluding carboxylic acids is 1. The monoisotopic (exact) mass is 509 g/mol. The second-order valence-corrected chi connectivity index (χ2v) is 10.1. The number of nitro benzene ring substituents is 1. The van der Waals surface area contributed by atoms with Crippen molar-refractivity contribution in [2.45, 2.75) is 50.7 Å². The zero-order valence-corrected chi connectivity index (χ0v) is 21.6. The van der Waals surface area contributed by atoms with E-state index in [1.165, 1.54) is 41.6 Å². The van der Waals surface area contributed by atoms with Crippen LogP contribution in [-0.4, -0.2) is 38.0 Å². The molecule has 0 saturated carbocycles. The number of benzene rings is 2. The van der Waals surface area contributed by atoms with Crippen molar-refractivity contribution in [1.29, 1.82) is 0 Å². The molecule has 0 aliphatic heterocycles. The third-order valence-electron chi connectivity index (χ3n) is 5.33. The van der Waals surface area contributed by atoms with E-state index in [1.807, 2.05) is 16.7 Å². The molecule has 1 amide bonds. The molecule has 1 aromatic heterocycles. The highest BCUT2D eigenvalue weighted by molar-refractivity contribution is 7.99. The predicted molar refractivity (Wildman–Crippen MR) is 142 cm³/mol. The van der Waals surface area contributed by atoms with Crippen molar-refractivity contribution in [3.05, 3.63) is 82.7 Å². The first-order valence-electron chi connectivity index (χ1n) is 11.6. The van der Waals surface area contributed by atoms with Gasteiger partial charge < -0.3 is 14.6 Å². The van der Waals surface area contributed by atoms with E-state index in [2.05, 4.69) is 55.0 Å². The number of rotatable bonds is 12. The van der Waals surface area contributed by atoms with E-state index in [-0.39, 0.29) is 22.8 Å². The summed E-state index contributed by atoms with van der Waals surface area (Å²) in [6, 6.07) is 13.9. The zero-order valence-electron chi connectivity index (χ0n) is 20.8. The van der Waals surface area contributed by atoms with Crippen molar-refractivity contribution in [2.75, 3.05) is 17.7 Å². The number of amides is 1. The molecule has 0 radical (unpaired) electrons. The van der Waals surface area contributed by atoms with Crippen LogP contribution in [0.2, 0.25) is 0 Å². The quantitative estimate of drug-likeness (QED) is 0.114. The Bertz CT molecular complexity index is 1180. The number of ether oxygens (including phenoxy) is 1. The van der Waals surface area contributed by atoms with Gasteiger partial charge in [-0.1, -0.05) is 50.7 Å². The first kappa shape index (κ1) is 26.9. The van der Waals surface area contributed by atoms with Crippen LogP contribution in [0.25, 0.3) is 0 Å². The highest BCUT2D eigenvalue weighted by atomic mass is 32.2. The van der Waals surface area contributed by atoms with Crippen molar-refractivity contribution < 1.29 is 14.5 Å². The molecule has 0 saturated heterocycles. The van der Waals surface area contributed by atoms with Crippen LogP contribution < -0.4 is 10.1 Å². The smallest absolute Gasteiger partial charge is 0.269 e. The lowest BCUT2D eigenvalue weighted by atomic mass is 9.87. The van der Waals surface area contributed by atoms with Gasteiger partial charge in [0.1, 0.15) is 11.6 Å². The second kappa shape index (κ2) is 12.3. The third kappa shape index (κ3) is 7.67. The number of thioether (sulfide) groups is 1. The van der Waals surface area contributed by atoms with Gasteiger partial charge in [0, 0.05) is 30.8 Å². The molecule has 0 spiro atoms. The largest absolute Gasteiger partial charge is 0.494 e. The number of carbonyl (C=O) groups is 1. The van der Waals surface area contributed by atoms with Gasteiger partial charge in [0.25, 0.3) is 5.69 Å². The molecule has 2 aromatic carbocycles. The van der Waals surface area contributed by atoms with Gasteiger partial charge in [-0.25, -0.2) is 0 Å². The van der Waals surface area contributed by atoms with Gasteiger partial charge in [-0.05, 0) is 41.7 Å². The molecule has 36 heavy (non-hydrogen) atoms. The van der Waals surface area contributed by atoms with Crippen molar-refractivity contribution in [1.82, 2.24) is 14.8 Å². The van der Waals surface area contributed by atoms with E-state index < -0.39 is 4.92 Å². The maximum atomic E-state index is 12.3. The Hall–Kier alpha value is -3.66. The summed E-state index contributed by atoms with van der Waals surface area (Å²) < 4.78 is 7.82. The third-order valence-corrected chi connectivity index (χ3v) is 6.30. The summed E-state index contributed by atoms with van der Waals surface area (Å²) >= 11 is 1.27. The Morgan fingerprint density at radius 2 is 1.86 bits per heavy atom. The Labute approximate surface area is 215 Å². The molecule has 10 heteroatoms. The van der Waals surface area contributed by atoms with Crippen molar-refractivity contribution in [3.8, 4) is 5.75 Å². The number of hydrogen-bond donors (Lipinski definition) is 1. The summed E-state index contributed by atoms with van der Waals surface area (Å²) in [5.74, 6) is 1.53. The molecule has 1 heterocycles. The fourth-order valence-electron chi connectivity index (χ4n) is 3.39. The second-order valence-electron chi connectivity index (χ2n) is 9.17. The molecule has 3 aromatic rings. The molecular formula is C26H31N5O4S. The number of aromatic nitrogens is 3. The summed E-state index contributed by atoms with van der Waals surface area (Å²) in [4.78, 5) is 22.6. The first-order chi connectivity index (χ1) is 17.2. The van der Waals surface area contributed by atoms with Crippen molar-refractivity contribution in [3.63, 3.8) is 0 Å². The van der Waals surface area contributed by atoms with Crippen molar-refractivity contribution >= 4 is 29.0 Å². The Balaban J connectivity index is 1.49. The van der Waals surface area contributed by atoms with Gasteiger partial charge in [-0.15, -0.1) is 16.8 Å². The molecule has 9 nitrogen and oxygen atoms in total. The van der Waals surface area contributed by atoms with Crippen LogP contribution in [-0.2, 0) is 23.2 Å². The lowest BCUT2D eigenvalue weighted by molar-refractivity contribution is -0.384. The number of nitro groups is 1. The molecule has 3 rings (SSSR count). The number of non-ortho nitro benzene ring substituents is 1. The van der Waals surface area contributed by atoms with E-state index in [1.54, 1.807) is 6.08 Å². The van der Waals surface area contributed by atoms with Crippen LogP contribution in [0.1, 0.15) is 38.6 Å². The molecule has 0 bridgehead atoms. The standard InChI is InChI=1S/C26H31N5O4S/c1-5-16-30-23(7-6-17-35-22-14-8-19(9-15-22)26(2,3)4)28-29-25(30)36-18-24(32)27-20-10-12-21(13-11-20)31(33)34/h5,8-15H,1,6-7,16-18H2,2-4H3,(H,27,32). The summed E-state index contributed by atoms with van der Waals surface area (Å²) in [7, 11) is 0. The summed E-state index contributed by atoms with van der Waals surface area (Å²) in [6.45, 7) is 11.4. The van der Waals surface area contributed by atoms with Gasteiger partial charge in [-0.2, -0.15) is 0 Å². The minimum atomic E-state index is -0.484. The topological polar surface area (TPSA) is 112 Å². The molecule has 0 atom stereocenters. The van der Waals surface area contributed by atoms with Gasteiger partial charge in [0.2, 0.25) is 5.91 Å². The maximum Gasteiger partial charge on any atom is 0.269 e. The summed E-state index contributed by atoms with van der Waals surface area (Å²) in [5, 5.41) is 22.7. The molecule has 0 aliphatic rings. The lowest BCUT2D eigenvalue weighted by Gasteiger charge is -2.19. The van der Waals surface area contributed by atoms with Gasteiger partial charge >= 0.3 is 0 Å². The minimum Gasteiger partial charge on any atom is -0.494 e. The normalized spacial score (nSPS) is 11.2. The van der Waals surface area contributed by atoms with Gasteiger partial charge in [0.15, 0.2) is 5.16 Å². The first-order valence-corrected chi connectivity index (χ1v) is 12.6. The summed E-state index contributed by atoms with van der Waals surface area (Å²) in [6.07, 6.45) is 3.21. The molecule has 0 unspecified atom stereocenters. The van der Waals surface area contributed by atoms with E-state index in [0.717, 1.165) is 18.0 Å². The van der Waals surface area contributed by atoms with Crippen LogP contribution in [0.15, 0.2) is 66.3 Å². The van der Waals surface area contributed by atoms with E-state index in [9.17, 15) is 14.9 Å². The van der Waals surface area contributed by atoms with Crippen LogP contribution in [0.4, 0.5) is 11.4 Å². The Kier molecular flexibility index (Phi) is 9.24. The number of allylic oxidation sites excluding steroid dienone is 1. The Morgan fingerprint density at radius 1 is 1.17 bits per heavy atom. The molecule has 0 fully saturated rings. The average Bonchev–Trinajstić information content (AvgIpc) is 3.22. The number of nitrogens with one attached hydrogen (secondary N) is 1. The van der Waals surface area contributed by atoms with E-state index in [4.69, 9.17) is 4.74 Å². The number of nitrogens with zero attached hydrogens (tertiary/aromatic N) is 4. The van der Waals surface area contributed by atoms with E-state index >= 15 is 0 Å². The van der Waals surface area contributed by atoms with Gasteiger partial charge in [0.05, 0.1) is 17.3 Å². The fraction of sp³-hybridized carbons (Fsp3) is 0.346. The van der Waals surface area contributed by atoms with Crippen LogP contribution in [0.5, 0.6) is 5.75 Å². The molecule has 0 aliphatic carbocycles. The maximum absolute atomic E-state index is 12.3. The van der Waals surface area contributed by atoms with Crippen LogP contribution in [0, 0.1) is 10.1 Å². The summed E-state index contributed by atoms with van der Waals surface area (Å²) in [5.41, 5.74) is 1.83. The molecule has 190 valence electrons. The van der Waals surface area contributed by atoms with Crippen molar-refractivity contribution in [2.24, 2.45) is 0 Å². The SMILES string of the molecule is C=CCn1c(CCCOc2ccc(C(C)(C)C)cc2)nnc1SCC(=O)Nc1ccc([N+](=O)[O-])cc1. The Morgan fingerprint density at radius 3 is 2.47 bits per heavy atom. The molecular weight excluding hydrogens is 478 g/mol. The van der Waals surface area contributed by atoms with Crippen LogP contribution in [0.3, 0.4) is 0 Å². The van der Waals surface area contributed by atoms with E-state index in [0.29, 0.717) is 30.4 Å². The van der Waals surface area contributed by atoms with Crippen LogP contribution >= 0.6 is 11.8 Å². The fourth-order valence-corrected chi connectivity index (χ4v) is 4.15. The average molecular weight is 510 g/mol. The number of anilines is 1. The highest BCUT2D eigenvalue weighted by Crippen LogP contribution is 2.24. The highest BCUT2D eigenvalue weighted by Gasteiger charge is 2.15. The zero-order chi connectivity index (χ0) is 26.1. The number of hydrogen-bond acceptors (Lipinski definition) is 7. The minimum absolute atomic E-state index is 0.0312. The number of aryl methyl sites for hydroxylation is 1. The predicted octanol–water partition coefficient (Wildman–Crippen LogP) is 5.41. The lowest BCUT2D eigenvalue weighted by Crippen LogP contribution is -2.15. The molecule has 1 N–H and O–H groups in total.